The topological polar surface area (TPSA) is 79.4 Å². The number of aromatic nitrogens is 2. The minimum atomic E-state index is -0.504. The summed E-state index contributed by atoms with van der Waals surface area (Å²) >= 11 is 5.94. The quantitative estimate of drug-likeness (QED) is 0.376. The number of anilines is 3. The highest BCUT2D eigenvalue weighted by Crippen LogP contribution is 2.56. The first kappa shape index (κ1) is 24.2. The molecule has 2 aromatic carbocycles. The zero-order valence-electron chi connectivity index (χ0n) is 19.9. The molecule has 0 radical (unpaired) electrons. The predicted molar refractivity (Wildman–Crippen MR) is 139 cm³/mol. The Morgan fingerprint density at radius 1 is 1.33 bits per heavy atom. The van der Waals surface area contributed by atoms with Crippen LogP contribution in [0.25, 0.3) is 10.9 Å². The Labute approximate surface area is 213 Å². The van der Waals surface area contributed by atoms with Crippen LogP contribution < -0.4 is 10.6 Å². The van der Waals surface area contributed by atoms with Crippen molar-refractivity contribution in [2.75, 3.05) is 44.5 Å². The molecule has 0 spiro atoms. The number of amides is 1. The third kappa shape index (κ3) is 5.19. The lowest BCUT2D eigenvalue weighted by atomic mass is 10.0. The SMILES string of the molecule is CN(C)C/C=C/C(=O)Nc1cc2c(Nc3ccc(F)c(Cl)c3)ncnc2cc1C#CC12COCC1C2. The molecule has 0 bridgehead atoms. The van der Waals surface area contributed by atoms with E-state index in [4.69, 9.17) is 16.3 Å². The largest absolute Gasteiger partial charge is 0.380 e. The number of hydrogen-bond acceptors (Lipinski definition) is 6. The van der Waals surface area contributed by atoms with Gasteiger partial charge < -0.3 is 20.3 Å². The monoisotopic (exact) mass is 505 g/mol. The lowest BCUT2D eigenvalue weighted by Crippen LogP contribution is -2.13. The standard InChI is InChI=1S/C27H25ClFN5O2/c1-34(2)9-3-4-25(35)33-23-12-20-24(10-17(23)7-8-27-13-18(27)14-36-15-27)30-16-31-26(20)32-19-5-6-22(29)21(28)11-19/h3-6,10-12,16,18H,9,13-15H2,1-2H3,(H,33,35)(H,30,31,32)/b4-3+. The molecule has 1 aliphatic heterocycles. The maximum absolute atomic E-state index is 13.6. The number of rotatable bonds is 6. The number of nitrogens with one attached hydrogen (secondary N) is 2. The van der Waals surface area contributed by atoms with E-state index in [9.17, 15) is 9.18 Å². The molecule has 2 atom stereocenters. The molecule has 1 aliphatic carbocycles. The molecule has 184 valence electrons. The Morgan fingerprint density at radius 3 is 2.92 bits per heavy atom. The van der Waals surface area contributed by atoms with Crippen LogP contribution >= 0.6 is 11.6 Å². The molecule has 7 nitrogen and oxygen atoms in total. The number of carbonyl (C=O) groups excluding carboxylic acids is 1. The maximum atomic E-state index is 13.6. The highest BCUT2D eigenvalue weighted by Gasteiger charge is 2.57. The summed E-state index contributed by atoms with van der Waals surface area (Å²) in [6.45, 7) is 2.04. The Balaban J connectivity index is 1.51. The molecule has 5 rings (SSSR count). The van der Waals surface area contributed by atoms with Gasteiger partial charge in [0, 0.05) is 29.6 Å². The normalized spacial score (nSPS) is 20.3. The highest BCUT2D eigenvalue weighted by atomic mass is 35.5. The van der Waals surface area contributed by atoms with E-state index >= 15 is 0 Å². The van der Waals surface area contributed by atoms with E-state index in [-0.39, 0.29) is 16.3 Å². The molecular formula is C27H25ClFN5O2. The van der Waals surface area contributed by atoms with Crippen LogP contribution in [-0.2, 0) is 9.53 Å². The van der Waals surface area contributed by atoms with Gasteiger partial charge in [0.2, 0.25) is 5.91 Å². The number of nitrogens with zero attached hydrogens (tertiary/aromatic N) is 3. The molecule has 36 heavy (non-hydrogen) atoms. The van der Waals surface area contributed by atoms with Crippen LogP contribution in [0.1, 0.15) is 12.0 Å². The fraction of sp³-hybridized carbons (Fsp3) is 0.296. The number of halogens is 2. The van der Waals surface area contributed by atoms with Gasteiger partial charge >= 0.3 is 0 Å². The minimum Gasteiger partial charge on any atom is -0.380 e. The maximum Gasteiger partial charge on any atom is 0.248 e. The van der Waals surface area contributed by atoms with Gasteiger partial charge in [0.1, 0.15) is 18.0 Å². The van der Waals surface area contributed by atoms with Gasteiger partial charge in [-0.2, -0.15) is 0 Å². The average Bonchev–Trinajstić information content (AvgIpc) is 3.38. The van der Waals surface area contributed by atoms with Crippen molar-refractivity contribution in [2.24, 2.45) is 11.3 Å². The second-order valence-corrected chi connectivity index (χ2v) is 9.77. The third-order valence-corrected chi connectivity index (χ3v) is 6.60. The summed E-state index contributed by atoms with van der Waals surface area (Å²) in [4.78, 5) is 23.4. The lowest BCUT2D eigenvalue weighted by Gasteiger charge is -2.12. The number of ether oxygens (including phenoxy) is 1. The van der Waals surface area contributed by atoms with Crippen LogP contribution in [-0.4, -0.2) is 54.6 Å². The molecule has 3 aromatic rings. The smallest absolute Gasteiger partial charge is 0.248 e. The summed E-state index contributed by atoms with van der Waals surface area (Å²) in [5, 5.41) is 6.79. The van der Waals surface area contributed by atoms with Crippen LogP contribution in [0.2, 0.25) is 5.02 Å². The van der Waals surface area contributed by atoms with Gasteiger partial charge in [-0.15, -0.1) is 0 Å². The van der Waals surface area contributed by atoms with Crippen molar-refractivity contribution in [3.63, 3.8) is 0 Å². The lowest BCUT2D eigenvalue weighted by molar-refractivity contribution is -0.111. The van der Waals surface area contributed by atoms with E-state index in [0.717, 1.165) is 13.0 Å². The van der Waals surface area contributed by atoms with Crippen molar-refractivity contribution in [3.8, 4) is 11.8 Å². The first-order chi connectivity index (χ1) is 17.3. The van der Waals surface area contributed by atoms with E-state index in [2.05, 4.69) is 32.4 Å². The van der Waals surface area contributed by atoms with E-state index in [1.807, 2.05) is 25.1 Å². The Hall–Kier alpha value is -3.51. The van der Waals surface area contributed by atoms with E-state index in [1.165, 1.54) is 24.5 Å². The Kier molecular flexibility index (Phi) is 6.63. The summed E-state index contributed by atoms with van der Waals surface area (Å²) in [5.41, 5.74) is 2.36. The van der Waals surface area contributed by atoms with Gasteiger partial charge in [0.15, 0.2) is 0 Å². The average molecular weight is 506 g/mol. The Bertz CT molecular complexity index is 1430. The fourth-order valence-corrected chi connectivity index (χ4v) is 4.39. The number of benzene rings is 2. The van der Waals surface area contributed by atoms with E-state index < -0.39 is 5.82 Å². The van der Waals surface area contributed by atoms with Crippen LogP contribution in [0.3, 0.4) is 0 Å². The molecule has 2 heterocycles. The van der Waals surface area contributed by atoms with Crippen molar-refractivity contribution >= 4 is 45.6 Å². The molecule has 1 saturated carbocycles. The summed E-state index contributed by atoms with van der Waals surface area (Å²) in [6, 6.07) is 7.98. The first-order valence-electron chi connectivity index (χ1n) is 11.6. The van der Waals surface area contributed by atoms with Crippen molar-refractivity contribution in [3.05, 3.63) is 65.2 Å². The third-order valence-electron chi connectivity index (χ3n) is 6.31. The second kappa shape index (κ2) is 9.86. The molecule has 9 heteroatoms. The second-order valence-electron chi connectivity index (χ2n) is 9.37. The molecule has 2 fully saturated rings. The van der Waals surface area contributed by atoms with Gasteiger partial charge in [0.25, 0.3) is 0 Å². The molecule has 1 aromatic heterocycles. The number of carbonyl (C=O) groups is 1. The Morgan fingerprint density at radius 2 is 2.19 bits per heavy atom. The first-order valence-corrected chi connectivity index (χ1v) is 11.9. The zero-order valence-corrected chi connectivity index (χ0v) is 20.7. The van der Waals surface area contributed by atoms with Gasteiger partial charge in [-0.3, -0.25) is 4.79 Å². The van der Waals surface area contributed by atoms with Crippen LogP contribution in [0.5, 0.6) is 0 Å². The van der Waals surface area contributed by atoms with Gasteiger partial charge in [0.05, 0.1) is 40.4 Å². The zero-order chi connectivity index (χ0) is 25.3. The van der Waals surface area contributed by atoms with Crippen molar-refractivity contribution in [1.82, 2.24) is 14.9 Å². The van der Waals surface area contributed by atoms with Crippen molar-refractivity contribution in [1.29, 1.82) is 0 Å². The molecule has 2 N–H and O–H groups in total. The van der Waals surface area contributed by atoms with Gasteiger partial charge in [-0.25, -0.2) is 14.4 Å². The molecule has 2 aliphatic rings. The summed E-state index contributed by atoms with van der Waals surface area (Å²) < 4.78 is 19.2. The number of fused-ring (bicyclic) bond motifs is 2. The van der Waals surface area contributed by atoms with Crippen LogP contribution in [0.4, 0.5) is 21.6 Å². The van der Waals surface area contributed by atoms with Crippen LogP contribution in [0, 0.1) is 29.0 Å². The summed E-state index contributed by atoms with van der Waals surface area (Å²) in [6.07, 6.45) is 5.78. The number of likely N-dealkylation sites (N-methyl/N-ethyl adjacent to an activating group) is 1. The summed E-state index contributed by atoms with van der Waals surface area (Å²) in [7, 11) is 3.86. The van der Waals surface area contributed by atoms with Crippen LogP contribution in [0.15, 0.2) is 48.8 Å². The van der Waals surface area contributed by atoms with E-state index in [1.54, 1.807) is 18.2 Å². The highest BCUT2D eigenvalue weighted by molar-refractivity contribution is 6.31. The van der Waals surface area contributed by atoms with E-state index in [0.29, 0.717) is 52.7 Å². The predicted octanol–water partition coefficient (Wildman–Crippen LogP) is 4.61. The molecule has 2 unspecified atom stereocenters. The van der Waals surface area contributed by atoms with Gasteiger partial charge in [-0.1, -0.05) is 29.5 Å². The fourth-order valence-electron chi connectivity index (χ4n) is 4.21. The van der Waals surface area contributed by atoms with Gasteiger partial charge in [-0.05, 0) is 50.8 Å². The molecular weight excluding hydrogens is 481 g/mol. The summed E-state index contributed by atoms with van der Waals surface area (Å²) in [5.74, 6) is 6.88. The number of hydrogen-bond donors (Lipinski definition) is 2. The van der Waals surface area contributed by atoms with Crippen molar-refractivity contribution in [2.45, 2.75) is 6.42 Å². The molecule has 1 amide bonds. The minimum absolute atomic E-state index is 0.00188. The molecule has 1 saturated heterocycles. The van der Waals surface area contributed by atoms with Crippen molar-refractivity contribution < 1.29 is 13.9 Å².